The molecule has 24 heavy (non-hydrogen) atoms. The summed E-state index contributed by atoms with van der Waals surface area (Å²) >= 11 is 0. The highest BCUT2D eigenvalue weighted by Gasteiger charge is 2.06. The fourth-order valence-corrected chi connectivity index (χ4v) is 2.25. The van der Waals surface area contributed by atoms with Crippen LogP contribution in [0.5, 0.6) is 17.2 Å². The predicted molar refractivity (Wildman–Crippen MR) is 94.4 cm³/mol. The Hall–Kier alpha value is -3.33. The number of rotatable bonds is 5. The fraction of sp³-hybridized carbons (Fsp3) is 0. The number of hydrogen-bond donors (Lipinski definition) is 1. The van der Waals surface area contributed by atoms with E-state index in [0.717, 1.165) is 11.3 Å². The van der Waals surface area contributed by atoms with E-state index in [1.165, 1.54) is 12.1 Å². The van der Waals surface area contributed by atoms with Gasteiger partial charge in [-0.25, -0.2) is 0 Å². The molecule has 0 atom stereocenters. The van der Waals surface area contributed by atoms with Crippen molar-refractivity contribution in [2.24, 2.45) is 0 Å². The van der Waals surface area contributed by atoms with E-state index in [9.17, 15) is 9.90 Å². The molecule has 0 saturated heterocycles. The zero-order chi connectivity index (χ0) is 16.8. The van der Waals surface area contributed by atoms with Gasteiger partial charge >= 0.3 is 0 Å². The molecule has 3 nitrogen and oxygen atoms in total. The van der Waals surface area contributed by atoms with Crippen molar-refractivity contribution in [1.29, 1.82) is 0 Å². The quantitative estimate of drug-likeness (QED) is 0.527. The van der Waals surface area contributed by atoms with E-state index in [2.05, 4.69) is 0 Å². The summed E-state index contributed by atoms with van der Waals surface area (Å²) in [5, 5.41) is 9.71. The minimum absolute atomic E-state index is 0.0201. The standard InChI is InChI=1S/C21H16O3/c22-20-12-5-4-11-19(20)21(23)14-13-16-7-6-10-18(15-16)24-17-8-2-1-3-9-17/h1-15,22H/b14-13+. The van der Waals surface area contributed by atoms with Crippen LogP contribution < -0.4 is 4.74 Å². The Morgan fingerprint density at radius 1 is 0.833 bits per heavy atom. The molecule has 3 aromatic rings. The van der Waals surface area contributed by atoms with E-state index < -0.39 is 0 Å². The Balaban J connectivity index is 1.75. The second kappa shape index (κ2) is 7.29. The Labute approximate surface area is 140 Å². The zero-order valence-electron chi connectivity index (χ0n) is 12.9. The Bertz CT molecular complexity index is 867. The molecule has 118 valence electrons. The van der Waals surface area contributed by atoms with Crippen LogP contribution in [0, 0.1) is 0 Å². The van der Waals surface area contributed by atoms with Crippen LogP contribution in [-0.2, 0) is 0 Å². The molecule has 0 aliphatic rings. The lowest BCUT2D eigenvalue weighted by atomic mass is 10.1. The molecule has 0 amide bonds. The highest BCUT2D eigenvalue weighted by molar-refractivity contribution is 6.08. The number of ether oxygens (including phenoxy) is 1. The number of para-hydroxylation sites is 2. The summed E-state index contributed by atoms with van der Waals surface area (Å²) in [7, 11) is 0. The van der Waals surface area contributed by atoms with E-state index in [0.29, 0.717) is 5.75 Å². The topological polar surface area (TPSA) is 46.5 Å². The first kappa shape index (κ1) is 15.6. The van der Waals surface area contributed by atoms with E-state index >= 15 is 0 Å². The van der Waals surface area contributed by atoms with Gasteiger partial charge in [-0.2, -0.15) is 0 Å². The SMILES string of the molecule is O=C(/C=C/c1cccc(Oc2ccccc2)c1)c1ccccc1O. The van der Waals surface area contributed by atoms with Crippen molar-refractivity contribution < 1.29 is 14.6 Å². The summed E-state index contributed by atoms with van der Waals surface area (Å²) in [6, 6.07) is 23.4. The van der Waals surface area contributed by atoms with Crippen LogP contribution in [0.2, 0.25) is 0 Å². The van der Waals surface area contributed by atoms with Crippen molar-refractivity contribution in [3.8, 4) is 17.2 Å². The maximum atomic E-state index is 12.1. The third-order valence-corrected chi connectivity index (χ3v) is 3.43. The molecular weight excluding hydrogens is 300 g/mol. The number of carbonyl (C=O) groups excluding carboxylic acids is 1. The van der Waals surface area contributed by atoms with Gasteiger partial charge in [0.1, 0.15) is 17.2 Å². The molecule has 3 aromatic carbocycles. The summed E-state index contributed by atoms with van der Waals surface area (Å²) < 4.78 is 5.77. The first-order chi connectivity index (χ1) is 11.7. The molecule has 0 radical (unpaired) electrons. The van der Waals surface area contributed by atoms with Crippen molar-refractivity contribution in [2.75, 3.05) is 0 Å². The molecule has 0 fully saturated rings. The predicted octanol–water partition coefficient (Wildman–Crippen LogP) is 5.08. The molecule has 0 saturated carbocycles. The normalized spacial score (nSPS) is 10.7. The lowest BCUT2D eigenvalue weighted by Crippen LogP contribution is -1.94. The van der Waals surface area contributed by atoms with E-state index in [1.807, 2.05) is 54.6 Å². The van der Waals surface area contributed by atoms with Crippen LogP contribution in [0.25, 0.3) is 6.08 Å². The number of benzene rings is 3. The van der Waals surface area contributed by atoms with Gasteiger partial charge in [-0.05, 0) is 48.0 Å². The molecule has 0 heterocycles. The molecule has 0 aliphatic heterocycles. The lowest BCUT2D eigenvalue weighted by Gasteiger charge is -2.06. The second-order valence-corrected chi connectivity index (χ2v) is 5.20. The molecule has 1 N–H and O–H groups in total. The van der Waals surface area contributed by atoms with Crippen LogP contribution in [0.1, 0.15) is 15.9 Å². The van der Waals surface area contributed by atoms with Gasteiger partial charge in [0.25, 0.3) is 0 Å². The monoisotopic (exact) mass is 316 g/mol. The number of hydrogen-bond acceptors (Lipinski definition) is 3. The summed E-state index contributed by atoms with van der Waals surface area (Å²) in [4.78, 5) is 12.1. The highest BCUT2D eigenvalue weighted by atomic mass is 16.5. The second-order valence-electron chi connectivity index (χ2n) is 5.20. The van der Waals surface area contributed by atoms with Crippen molar-refractivity contribution >= 4 is 11.9 Å². The van der Waals surface area contributed by atoms with E-state index in [4.69, 9.17) is 4.74 Å². The molecule has 0 bridgehead atoms. The average Bonchev–Trinajstić information content (AvgIpc) is 2.61. The van der Waals surface area contributed by atoms with Gasteiger partial charge in [0.15, 0.2) is 5.78 Å². The molecule has 0 unspecified atom stereocenters. The first-order valence-corrected chi connectivity index (χ1v) is 7.56. The maximum Gasteiger partial charge on any atom is 0.189 e. The first-order valence-electron chi connectivity index (χ1n) is 7.56. The minimum Gasteiger partial charge on any atom is -0.507 e. The molecule has 0 aromatic heterocycles. The Morgan fingerprint density at radius 2 is 1.54 bits per heavy atom. The van der Waals surface area contributed by atoms with Gasteiger partial charge in [0.05, 0.1) is 5.56 Å². The fourth-order valence-electron chi connectivity index (χ4n) is 2.25. The minimum atomic E-state index is -0.248. The van der Waals surface area contributed by atoms with Crippen molar-refractivity contribution in [1.82, 2.24) is 0 Å². The van der Waals surface area contributed by atoms with Crippen LogP contribution in [0.4, 0.5) is 0 Å². The van der Waals surface area contributed by atoms with Gasteiger partial charge < -0.3 is 9.84 Å². The third-order valence-electron chi connectivity index (χ3n) is 3.43. The highest BCUT2D eigenvalue weighted by Crippen LogP contribution is 2.23. The molecule has 3 heteroatoms. The molecule has 0 aliphatic carbocycles. The zero-order valence-corrected chi connectivity index (χ0v) is 12.9. The van der Waals surface area contributed by atoms with Crippen molar-refractivity contribution in [3.63, 3.8) is 0 Å². The van der Waals surface area contributed by atoms with Gasteiger partial charge in [0.2, 0.25) is 0 Å². The van der Waals surface area contributed by atoms with Crippen molar-refractivity contribution in [2.45, 2.75) is 0 Å². The van der Waals surface area contributed by atoms with Crippen LogP contribution in [0.15, 0.2) is 84.9 Å². The number of phenolic OH excluding ortho intramolecular Hbond substituents is 1. The van der Waals surface area contributed by atoms with Gasteiger partial charge in [-0.15, -0.1) is 0 Å². The smallest absolute Gasteiger partial charge is 0.189 e. The van der Waals surface area contributed by atoms with Gasteiger partial charge in [0, 0.05) is 0 Å². The summed E-state index contributed by atoms with van der Waals surface area (Å²) in [6.45, 7) is 0. The number of phenols is 1. The summed E-state index contributed by atoms with van der Waals surface area (Å²) in [5.41, 5.74) is 1.12. The Morgan fingerprint density at radius 3 is 2.33 bits per heavy atom. The number of carbonyl (C=O) groups is 1. The summed E-state index contributed by atoms with van der Waals surface area (Å²) in [6.07, 6.45) is 3.14. The Kier molecular flexibility index (Phi) is 4.73. The largest absolute Gasteiger partial charge is 0.507 e. The van der Waals surface area contributed by atoms with Crippen LogP contribution >= 0.6 is 0 Å². The number of allylic oxidation sites excluding steroid dienone is 1. The van der Waals surface area contributed by atoms with Crippen LogP contribution in [-0.4, -0.2) is 10.9 Å². The number of ketones is 1. The molecular formula is C21H16O3. The molecule has 0 spiro atoms. The molecule has 3 rings (SSSR count). The van der Waals surface area contributed by atoms with E-state index in [1.54, 1.807) is 24.3 Å². The average molecular weight is 316 g/mol. The van der Waals surface area contributed by atoms with E-state index in [-0.39, 0.29) is 17.1 Å². The van der Waals surface area contributed by atoms with Crippen molar-refractivity contribution in [3.05, 3.63) is 96.1 Å². The van der Waals surface area contributed by atoms with Crippen LogP contribution in [0.3, 0.4) is 0 Å². The lowest BCUT2D eigenvalue weighted by molar-refractivity contribution is 0.104. The maximum absolute atomic E-state index is 12.1. The number of aromatic hydroxyl groups is 1. The van der Waals surface area contributed by atoms with Gasteiger partial charge in [-0.3, -0.25) is 4.79 Å². The van der Waals surface area contributed by atoms with Gasteiger partial charge in [-0.1, -0.05) is 48.5 Å². The third kappa shape index (κ3) is 3.90. The summed E-state index contributed by atoms with van der Waals surface area (Å²) in [5.74, 6) is 1.18.